The Morgan fingerprint density at radius 3 is 2.46 bits per heavy atom. The number of aryl methyl sites for hydroxylation is 1. The van der Waals surface area contributed by atoms with Gasteiger partial charge in [0.25, 0.3) is 0 Å². The van der Waals surface area contributed by atoms with E-state index >= 15 is 0 Å². The van der Waals surface area contributed by atoms with Crippen LogP contribution < -0.4 is 9.64 Å². The fourth-order valence-electron chi connectivity index (χ4n) is 3.19. The van der Waals surface area contributed by atoms with E-state index in [2.05, 4.69) is 9.97 Å². The van der Waals surface area contributed by atoms with Crippen molar-refractivity contribution < 1.29 is 17.9 Å². The smallest absolute Gasteiger partial charge is 0.423 e. The van der Waals surface area contributed by atoms with E-state index in [0.29, 0.717) is 0 Å². The maximum Gasteiger partial charge on any atom is 0.423 e. The van der Waals surface area contributed by atoms with Crippen LogP contribution in [0.3, 0.4) is 0 Å². The molecule has 7 heteroatoms. The number of hydrogen-bond acceptors (Lipinski definition) is 4. The van der Waals surface area contributed by atoms with Gasteiger partial charge in [-0.25, -0.2) is 4.98 Å². The van der Waals surface area contributed by atoms with Gasteiger partial charge in [-0.05, 0) is 44.2 Å². The van der Waals surface area contributed by atoms with Gasteiger partial charge in [-0.2, -0.15) is 18.2 Å². The lowest BCUT2D eigenvalue weighted by Gasteiger charge is -2.25. The molecule has 2 aromatic rings. The van der Waals surface area contributed by atoms with Gasteiger partial charge < -0.3 is 9.64 Å². The van der Waals surface area contributed by atoms with E-state index in [-0.39, 0.29) is 17.9 Å². The monoisotopic (exact) mass is 365 g/mol. The molecule has 1 aromatic carbocycles. The first-order valence-corrected chi connectivity index (χ1v) is 8.76. The largest absolute Gasteiger partial charge is 0.474 e. The number of alkyl halides is 3. The molecule has 1 fully saturated rings. The Kier molecular flexibility index (Phi) is 5.34. The molecule has 0 N–H and O–H groups in total. The molecule has 0 unspecified atom stereocenters. The van der Waals surface area contributed by atoms with Crippen molar-refractivity contribution in [3.8, 4) is 5.88 Å². The molecule has 140 valence electrons. The second-order valence-corrected chi connectivity index (χ2v) is 6.61. The molecule has 0 aliphatic heterocycles. The third kappa shape index (κ3) is 4.08. The number of aromatic nitrogens is 2. The Hall–Kier alpha value is -2.31. The molecule has 3 rings (SSSR count). The Morgan fingerprint density at radius 2 is 1.81 bits per heavy atom. The van der Waals surface area contributed by atoms with Crippen molar-refractivity contribution in [1.82, 2.24) is 9.97 Å². The summed E-state index contributed by atoms with van der Waals surface area (Å²) in [7, 11) is 1.73. The van der Waals surface area contributed by atoms with Gasteiger partial charge in [-0.15, -0.1) is 0 Å². The number of halogens is 3. The van der Waals surface area contributed by atoms with E-state index in [4.69, 9.17) is 4.74 Å². The van der Waals surface area contributed by atoms with Crippen LogP contribution in [0, 0.1) is 6.92 Å². The minimum absolute atomic E-state index is 0.179. The molecule has 0 saturated heterocycles. The summed E-state index contributed by atoms with van der Waals surface area (Å²) in [6.07, 6.45) is 0.571. The molecule has 0 radical (unpaired) electrons. The molecule has 1 aliphatic carbocycles. The highest BCUT2D eigenvalue weighted by atomic mass is 19.4. The second kappa shape index (κ2) is 7.51. The third-order valence-corrected chi connectivity index (χ3v) is 4.65. The first kappa shape index (κ1) is 18.5. The van der Waals surface area contributed by atoms with Gasteiger partial charge in [-0.3, -0.25) is 0 Å². The third-order valence-electron chi connectivity index (χ3n) is 4.65. The minimum Gasteiger partial charge on any atom is -0.474 e. The van der Waals surface area contributed by atoms with E-state index < -0.39 is 11.7 Å². The summed E-state index contributed by atoms with van der Waals surface area (Å²) < 4.78 is 45.7. The fraction of sp³-hybridized carbons (Fsp3) is 0.474. The van der Waals surface area contributed by atoms with Crippen LogP contribution in [0.2, 0.25) is 0 Å². The maximum absolute atomic E-state index is 13.3. The molecule has 0 bridgehead atoms. The van der Waals surface area contributed by atoms with Crippen LogP contribution in [0.15, 0.2) is 30.5 Å². The van der Waals surface area contributed by atoms with Crippen molar-refractivity contribution >= 4 is 11.6 Å². The molecule has 0 spiro atoms. The summed E-state index contributed by atoms with van der Waals surface area (Å²) in [5.74, 6) is -0.201. The van der Waals surface area contributed by atoms with Crippen LogP contribution in [0.25, 0.3) is 0 Å². The van der Waals surface area contributed by atoms with Gasteiger partial charge in [0.05, 0.1) is 0 Å². The van der Waals surface area contributed by atoms with E-state index in [0.717, 1.165) is 49.6 Å². The van der Waals surface area contributed by atoms with Crippen LogP contribution in [0.1, 0.15) is 43.2 Å². The maximum atomic E-state index is 13.3. The summed E-state index contributed by atoms with van der Waals surface area (Å²) in [6.45, 7) is 1.93. The van der Waals surface area contributed by atoms with Gasteiger partial charge in [-0.1, -0.05) is 24.6 Å². The molecule has 26 heavy (non-hydrogen) atoms. The van der Waals surface area contributed by atoms with E-state index in [1.807, 2.05) is 31.2 Å². The number of rotatable bonds is 4. The number of para-hydroxylation sites is 1. The zero-order valence-electron chi connectivity index (χ0n) is 14.9. The van der Waals surface area contributed by atoms with Gasteiger partial charge in [0.2, 0.25) is 11.8 Å². The summed E-state index contributed by atoms with van der Waals surface area (Å²) in [5, 5.41) is 0. The fourth-order valence-corrected chi connectivity index (χ4v) is 3.19. The molecule has 1 heterocycles. The van der Waals surface area contributed by atoms with Crippen molar-refractivity contribution in [3.05, 3.63) is 41.6 Å². The molecule has 0 amide bonds. The summed E-state index contributed by atoms with van der Waals surface area (Å²) >= 11 is 0. The highest BCUT2D eigenvalue weighted by Gasteiger charge is 2.37. The van der Waals surface area contributed by atoms with Crippen LogP contribution >= 0.6 is 0 Å². The highest BCUT2D eigenvalue weighted by molar-refractivity contribution is 5.61. The Morgan fingerprint density at radius 1 is 1.12 bits per heavy atom. The van der Waals surface area contributed by atoms with Crippen molar-refractivity contribution in [1.29, 1.82) is 0 Å². The van der Waals surface area contributed by atoms with E-state index in [1.54, 1.807) is 11.9 Å². The van der Waals surface area contributed by atoms with Gasteiger partial charge in [0.15, 0.2) is 0 Å². The van der Waals surface area contributed by atoms with Crippen LogP contribution in [0.5, 0.6) is 5.88 Å². The van der Waals surface area contributed by atoms with Crippen LogP contribution in [-0.4, -0.2) is 23.1 Å². The molecule has 1 aliphatic rings. The Balaban J connectivity index is 1.94. The molecule has 4 nitrogen and oxygen atoms in total. The first-order chi connectivity index (χ1) is 12.4. The Labute approximate surface area is 151 Å². The zero-order chi connectivity index (χ0) is 18.7. The van der Waals surface area contributed by atoms with E-state index in [1.165, 1.54) is 0 Å². The standard InChI is InChI=1S/C19H22F3N3O/c1-13-8-6-7-11-16(13)25(2)18-23-12-15(19(20,21)22)17(24-18)26-14-9-4-3-5-10-14/h6-8,11-12,14H,3-5,9-10H2,1-2H3. The lowest BCUT2D eigenvalue weighted by molar-refractivity contribution is -0.140. The molecule has 1 aromatic heterocycles. The number of anilines is 2. The molecular formula is C19H22F3N3O. The SMILES string of the molecule is Cc1ccccc1N(C)c1ncc(C(F)(F)F)c(OC2CCCCC2)n1. The van der Waals surface area contributed by atoms with Gasteiger partial charge in [0.1, 0.15) is 11.7 Å². The number of nitrogens with zero attached hydrogens (tertiary/aromatic N) is 3. The Bertz CT molecular complexity index is 758. The lowest BCUT2D eigenvalue weighted by Crippen LogP contribution is -2.23. The van der Waals surface area contributed by atoms with Gasteiger partial charge in [0, 0.05) is 18.9 Å². The van der Waals surface area contributed by atoms with Crippen molar-refractivity contribution in [3.63, 3.8) is 0 Å². The summed E-state index contributed by atoms with van der Waals surface area (Å²) in [4.78, 5) is 9.72. The predicted molar refractivity (Wildman–Crippen MR) is 93.8 cm³/mol. The number of ether oxygens (including phenoxy) is 1. The minimum atomic E-state index is -4.55. The van der Waals surface area contributed by atoms with Crippen molar-refractivity contribution in [2.24, 2.45) is 0 Å². The topological polar surface area (TPSA) is 38.2 Å². The summed E-state index contributed by atoms with van der Waals surface area (Å²) in [6, 6.07) is 7.56. The average molecular weight is 365 g/mol. The van der Waals surface area contributed by atoms with E-state index in [9.17, 15) is 13.2 Å². The highest BCUT2D eigenvalue weighted by Crippen LogP contribution is 2.37. The summed E-state index contributed by atoms with van der Waals surface area (Å²) in [5.41, 5.74) is 0.883. The zero-order valence-corrected chi connectivity index (χ0v) is 14.9. The predicted octanol–water partition coefficient (Wildman–Crippen LogP) is 5.28. The average Bonchev–Trinajstić information content (AvgIpc) is 2.61. The number of benzene rings is 1. The van der Waals surface area contributed by atoms with Crippen LogP contribution in [0.4, 0.5) is 24.8 Å². The number of hydrogen-bond donors (Lipinski definition) is 0. The molecule has 0 atom stereocenters. The van der Waals surface area contributed by atoms with Crippen molar-refractivity contribution in [2.45, 2.75) is 51.3 Å². The first-order valence-electron chi connectivity index (χ1n) is 8.76. The quantitative estimate of drug-likeness (QED) is 0.738. The lowest BCUT2D eigenvalue weighted by atomic mass is 9.98. The van der Waals surface area contributed by atoms with Crippen molar-refractivity contribution in [2.75, 3.05) is 11.9 Å². The second-order valence-electron chi connectivity index (χ2n) is 6.61. The normalized spacial score (nSPS) is 15.7. The van der Waals surface area contributed by atoms with Gasteiger partial charge >= 0.3 is 6.18 Å². The van der Waals surface area contributed by atoms with Crippen LogP contribution in [-0.2, 0) is 6.18 Å². The molecular weight excluding hydrogens is 343 g/mol. The molecule has 1 saturated carbocycles.